The average molecular weight is 229 g/mol. The predicted octanol–water partition coefficient (Wildman–Crippen LogP) is 1.70. The van der Waals surface area contributed by atoms with E-state index in [1.54, 1.807) is 0 Å². The summed E-state index contributed by atoms with van der Waals surface area (Å²) >= 11 is 0. The van der Waals surface area contributed by atoms with Crippen LogP contribution in [0.5, 0.6) is 0 Å². The van der Waals surface area contributed by atoms with Crippen molar-refractivity contribution in [3.63, 3.8) is 0 Å². The van der Waals surface area contributed by atoms with Crippen molar-refractivity contribution in [2.24, 2.45) is 0 Å². The Morgan fingerprint density at radius 1 is 1.00 bits per heavy atom. The maximum Gasteiger partial charge on any atom is 0.278 e. The van der Waals surface area contributed by atoms with E-state index >= 15 is 0 Å². The van der Waals surface area contributed by atoms with Gasteiger partial charge in [0.15, 0.2) is 0 Å². The summed E-state index contributed by atoms with van der Waals surface area (Å²) in [4.78, 5) is 11.1. The van der Waals surface area contributed by atoms with E-state index in [9.17, 15) is 0 Å². The predicted molar refractivity (Wildman–Crippen MR) is 69.0 cm³/mol. The van der Waals surface area contributed by atoms with Crippen LogP contribution in [0.4, 0.5) is 0 Å². The Bertz CT molecular complexity index is 163. The lowest BCUT2D eigenvalue weighted by atomic mass is 9.96. The first kappa shape index (κ1) is 13.2. The van der Waals surface area contributed by atoms with Gasteiger partial charge in [0.2, 0.25) is 0 Å². The van der Waals surface area contributed by atoms with Gasteiger partial charge in [-0.05, 0) is 32.5 Å². The number of hydrogen-bond acceptors (Lipinski definition) is 3. The molecule has 3 nitrogen and oxygen atoms in total. The van der Waals surface area contributed by atoms with Crippen molar-refractivity contribution in [2.75, 3.05) is 13.1 Å². The molecule has 15 heavy (non-hydrogen) atoms. The lowest BCUT2D eigenvalue weighted by molar-refractivity contribution is 0.408. The van der Waals surface area contributed by atoms with E-state index in [0.717, 1.165) is 19.1 Å². The zero-order valence-corrected chi connectivity index (χ0v) is 11.5. The van der Waals surface area contributed by atoms with Gasteiger partial charge in [0.05, 0.1) is 0 Å². The van der Waals surface area contributed by atoms with Crippen molar-refractivity contribution >= 4 is 8.56 Å². The van der Waals surface area contributed by atoms with Gasteiger partial charge < -0.3 is 14.9 Å². The Hall–Kier alpha value is 0.0969. The van der Waals surface area contributed by atoms with Crippen LogP contribution in [0.2, 0.25) is 6.55 Å². The standard InChI is InChI=1S/C11H27N3Si/c1-4-12-15(3,13-5-2)14-11-9-7-6-8-10-11/h11-14H,4-10H2,1-3H3. The zero-order valence-electron chi connectivity index (χ0n) is 10.5. The smallest absolute Gasteiger partial charge is 0.278 e. The Kier molecular flexibility index (Phi) is 5.82. The minimum absolute atomic E-state index is 0.744. The van der Waals surface area contributed by atoms with Crippen LogP contribution in [-0.2, 0) is 0 Å². The largest absolute Gasteiger partial charge is 0.314 e. The molecule has 4 heteroatoms. The Labute approximate surface area is 95.7 Å². The molecule has 0 aromatic rings. The van der Waals surface area contributed by atoms with Crippen molar-refractivity contribution in [1.82, 2.24) is 14.9 Å². The monoisotopic (exact) mass is 229 g/mol. The third-order valence-corrected chi connectivity index (χ3v) is 6.27. The van der Waals surface area contributed by atoms with Gasteiger partial charge in [0, 0.05) is 6.04 Å². The van der Waals surface area contributed by atoms with Gasteiger partial charge in [-0.2, -0.15) is 0 Å². The second-order valence-electron chi connectivity index (χ2n) is 4.66. The first-order valence-corrected chi connectivity index (χ1v) is 8.98. The molecule has 0 spiro atoms. The van der Waals surface area contributed by atoms with Crippen molar-refractivity contribution < 1.29 is 0 Å². The molecule has 1 aliphatic carbocycles. The molecule has 1 fully saturated rings. The lowest BCUT2D eigenvalue weighted by Crippen LogP contribution is -2.72. The number of hydrogen-bond donors (Lipinski definition) is 3. The molecule has 0 aromatic carbocycles. The molecule has 0 heterocycles. The fourth-order valence-electron chi connectivity index (χ4n) is 2.53. The van der Waals surface area contributed by atoms with Crippen molar-refractivity contribution in [2.45, 2.75) is 58.5 Å². The van der Waals surface area contributed by atoms with Crippen molar-refractivity contribution in [3.8, 4) is 0 Å². The maximum absolute atomic E-state index is 3.85. The van der Waals surface area contributed by atoms with Crippen LogP contribution in [-0.4, -0.2) is 27.7 Å². The van der Waals surface area contributed by atoms with Gasteiger partial charge in [-0.3, -0.25) is 0 Å². The molecule has 0 unspecified atom stereocenters. The normalized spacial score (nSPS) is 19.4. The molecule has 1 rings (SSSR count). The van der Waals surface area contributed by atoms with E-state index in [2.05, 4.69) is 35.3 Å². The molecule has 0 radical (unpaired) electrons. The van der Waals surface area contributed by atoms with Crippen LogP contribution in [0.15, 0.2) is 0 Å². The van der Waals surface area contributed by atoms with E-state index in [1.807, 2.05) is 0 Å². The Morgan fingerprint density at radius 2 is 1.53 bits per heavy atom. The SMILES string of the molecule is CCN[Si](C)(NCC)NC1CCCCC1. The summed E-state index contributed by atoms with van der Waals surface area (Å²) in [5, 5.41) is 0. The molecule has 1 aliphatic rings. The molecule has 0 bridgehead atoms. The van der Waals surface area contributed by atoms with Crippen LogP contribution in [0.1, 0.15) is 46.0 Å². The Balaban J connectivity index is 2.40. The molecule has 90 valence electrons. The van der Waals surface area contributed by atoms with Crippen LogP contribution in [0.25, 0.3) is 0 Å². The first-order chi connectivity index (χ1) is 7.20. The lowest BCUT2D eigenvalue weighted by Gasteiger charge is -2.35. The molecule has 0 aliphatic heterocycles. The summed E-state index contributed by atoms with van der Waals surface area (Å²) < 4.78 is 0. The molecular weight excluding hydrogens is 202 g/mol. The minimum atomic E-state index is -1.59. The van der Waals surface area contributed by atoms with Gasteiger partial charge in [0.1, 0.15) is 0 Å². The van der Waals surface area contributed by atoms with Gasteiger partial charge in [-0.25, -0.2) is 0 Å². The molecule has 1 saturated carbocycles. The van der Waals surface area contributed by atoms with Crippen molar-refractivity contribution in [3.05, 3.63) is 0 Å². The van der Waals surface area contributed by atoms with Crippen LogP contribution in [0, 0.1) is 0 Å². The average Bonchev–Trinajstić information content (AvgIpc) is 2.19. The van der Waals surface area contributed by atoms with Gasteiger partial charge in [-0.1, -0.05) is 33.1 Å². The van der Waals surface area contributed by atoms with Crippen LogP contribution in [0.3, 0.4) is 0 Å². The van der Waals surface area contributed by atoms with Gasteiger partial charge >= 0.3 is 0 Å². The third-order valence-electron chi connectivity index (χ3n) is 3.16. The highest BCUT2D eigenvalue weighted by atomic mass is 28.4. The molecule has 0 saturated heterocycles. The number of rotatable bonds is 6. The quantitative estimate of drug-likeness (QED) is 0.607. The molecule has 3 N–H and O–H groups in total. The highest BCUT2D eigenvalue weighted by Gasteiger charge is 2.29. The second kappa shape index (κ2) is 6.63. The summed E-state index contributed by atoms with van der Waals surface area (Å²) in [5.74, 6) is 0. The summed E-state index contributed by atoms with van der Waals surface area (Å²) in [6, 6.07) is 0.744. The van der Waals surface area contributed by atoms with E-state index in [1.165, 1.54) is 32.1 Å². The molecule has 0 amide bonds. The maximum atomic E-state index is 3.85. The van der Waals surface area contributed by atoms with Gasteiger partial charge in [-0.15, -0.1) is 0 Å². The minimum Gasteiger partial charge on any atom is -0.314 e. The summed E-state index contributed by atoms with van der Waals surface area (Å²) in [6.07, 6.45) is 6.96. The van der Waals surface area contributed by atoms with Crippen LogP contribution >= 0.6 is 0 Å². The van der Waals surface area contributed by atoms with Crippen LogP contribution < -0.4 is 14.9 Å². The third kappa shape index (κ3) is 4.63. The molecule has 0 aromatic heterocycles. The van der Waals surface area contributed by atoms with E-state index in [4.69, 9.17) is 0 Å². The Morgan fingerprint density at radius 3 is 2.00 bits per heavy atom. The first-order valence-electron chi connectivity index (χ1n) is 6.48. The fourth-order valence-corrected chi connectivity index (χ4v) is 5.38. The zero-order chi connectivity index (χ0) is 11.1. The topological polar surface area (TPSA) is 36.1 Å². The molecule has 0 atom stereocenters. The summed E-state index contributed by atoms with van der Waals surface area (Å²) in [5.41, 5.74) is 0. The van der Waals surface area contributed by atoms with Crippen molar-refractivity contribution in [1.29, 1.82) is 0 Å². The highest BCUT2D eigenvalue weighted by molar-refractivity contribution is 6.71. The highest BCUT2D eigenvalue weighted by Crippen LogP contribution is 2.18. The van der Waals surface area contributed by atoms with E-state index in [-0.39, 0.29) is 0 Å². The van der Waals surface area contributed by atoms with Gasteiger partial charge in [0.25, 0.3) is 8.56 Å². The fraction of sp³-hybridized carbons (Fsp3) is 1.00. The summed E-state index contributed by atoms with van der Waals surface area (Å²) in [6.45, 7) is 8.82. The molecular formula is C11H27N3Si. The second-order valence-corrected chi connectivity index (χ2v) is 7.91. The number of nitrogens with one attached hydrogen (secondary N) is 3. The van der Waals surface area contributed by atoms with E-state index < -0.39 is 8.56 Å². The summed E-state index contributed by atoms with van der Waals surface area (Å²) in [7, 11) is -1.59. The van der Waals surface area contributed by atoms with E-state index in [0.29, 0.717) is 0 Å².